The number of rotatable bonds is 8. The molecule has 0 aliphatic heterocycles. The molecule has 8 rings (SSSR count). The van der Waals surface area contributed by atoms with E-state index in [1.807, 2.05) is 35.6 Å². The first-order valence-electron chi connectivity index (χ1n) is 13.9. The molecule has 3 aromatic rings. The standard InChI is InChI=1S/C31H37N3OS/c1-21-2-8-28(9-3-21)35-29-10-4-25(5-11-29)32-13-12-27-20-36-30(34(27)26-6-7-26)33-31-17-22-14-23(18-31)16-24(15-22)19-31/h2-5,8-11,20,22-24,26,32H,6-7,12-19H2,1H3. The molecule has 5 aliphatic rings. The number of benzene rings is 2. The molecule has 2 aromatic carbocycles. The Morgan fingerprint density at radius 2 is 1.53 bits per heavy atom. The van der Waals surface area contributed by atoms with Crippen LogP contribution in [-0.2, 0) is 6.42 Å². The van der Waals surface area contributed by atoms with Gasteiger partial charge in [0.05, 0.1) is 5.54 Å². The highest BCUT2D eigenvalue weighted by Crippen LogP contribution is 2.57. The highest BCUT2D eigenvalue weighted by Gasteiger charge is 2.51. The largest absolute Gasteiger partial charge is 0.457 e. The van der Waals surface area contributed by atoms with Crippen molar-refractivity contribution in [1.82, 2.24) is 4.57 Å². The average Bonchev–Trinajstić information content (AvgIpc) is 3.62. The molecule has 36 heavy (non-hydrogen) atoms. The Labute approximate surface area is 218 Å². The van der Waals surface area contributed by atoms with E-state index in [0.717, 1.165) is 47.9 Å². The van der Waals surface area contributed by atoms with Gasteiger partial charge in [0.15, 0.2) is 4.80 Å². The number of anilines is 1. The Morgan fingerprint density at radius 3 is 2.14 bits per heavy atom. The van der Waals surface area contributed by atoms with Gasteiger partial charge in [-0.25, -0.2) is 0 Å². The molecule has 0 atom stereocenters. The number of aromatic nitrogens is 1. The number of nitrogens with one attached hydrogen (secondary N) is 1. The number of ether oxygens (including phenoxy) is 1. The Bertz CT molecular complexity index is 1250. The Hall–Kier alpha value is -2.53. The summed E-state index contributed by atoms with van der Waals surface area (Å²) in [6.45, 7) is 3.02. The van der Waals surface area contributed by atoms with Gasteiger partial charge in [-0.3, -0.25) is 4.99 Å². The van der Waals surface area contributed by atoms with Crippen molar-refractivity contribution in [3.8, 4) is 11.5 Å². The number of thiazole rings is 1. The van der Waals surface area contributed by atoms with Crippen molar-refractivity contribution in [3.05, 3.63) is 70.0 Å². The van der Waals surface area contributed by atoms with E-state index in [1.54, 1.807) is 0 Å². The molecular formula is C31H37N3OS. The second-order valence-electron chi connectivity index (χ2n) is 12.0. The Balaban J connectivity index is 1.02. The first kappa shape index (κ1) is 22.7. The predicted molar refractivity (Wildman–Crippen MR) is 147 cm³/mol. The highest BCUT2D eigenvalue weighted by atomic mass is 32.1. The lowest BCUT2D eigenvalue weighted by atomic mass is 9.53. The third kappa shape index (κ3) is 4.63. The van der Waals surface area contributed by atoms with Crippen LogP contribution in [0.2, 0.25) is 0 Å². The van der Waals surface area contributed by atoms with E-state index in [9.17, 15) is 0 Å². The van der Waals surface area contributed by atoms with E-state index < -0.39 is 0 Å². The SMILES string of the molecule is Cc1ccc(Oc2ccc(NCCc3csc(=NC45CC6CC(CC(C6)C4)C5)n3C3CC3)cc2)cc1. The summed E-state index contributed by atoms with van der Waals surface area (Å²) in [5, 5.41) is 6.01. The molecule has 5 heteroatoms. The molecule has 0 spiro atoms. The average molecular weight is 500 g/mol. The van der Waals surface area contributed by atoms with E-state index in [-0.39, 0.29) is 5.54 Å². The van der Waals surface area contributed by atoms with Gasteiger partial charge in [-0.05, 0) is 112 Å². The third-order valence-corrected chi connectivity index (χ3v) is 9.78. The van der Waals surface area contributed by atoms with E-state index in [2.05, 4.69) is 46.5 Å². The minimum absolute atomic E-state index is 0.258. The second-order valence-corrected chi connectivity index (χ2v) is 12.8. The first-order valence-corrected chi connectivity index (χ1v) is 14.8. The summed E-state index contributed by atoms with van der Waals surface area (Å²) in [6, 6.07) is 17.2. The lowest BCUT2D eigenvalue weighted by Gasteiger charge is -2.54. The molecule has 1 N–H and O–H groups in total. The van der Waals surface area contributed by atoms with Crippen molar-refractivity contribution in [2.24, 2.45) is 22.7 Å². The van der Waals surface area contributed by atoms with Crippen molar-refractivity contribution in [2.45, 2.75) is 76.3 Å². The molecule has 5 fully saturated rings. The van der Waals surface area contributed by atoms with E-state index in [0.29, 0.717) is 6.04 Å². The summed E-state index contributed by atoms with van der Waals surface area (Å²) in [6.07, 6.45) is 12.2. The van der Waals surface area contributed by atoms with Crippen LogP contribution in [0.4, 0.5) is 5.69 Å². The third-order valence-electron chi connectivity index (χ3n) is 8.89. The summed E-state index contributed by atoms with van der Waals surface area (Å²) in [5.74, 6) is 4.59. The minimum atomic E-state index is 0.258. The van der Waals surface area contributed by atoms with Gasteiger partial charge in [0.2, 0.25) is 0 Å². The molecule has 4 bridgehead atoms. The molecule has 5 aliphatic carbocycles. The van der Waals surface area contributed by atoms with Crippen LogP contribution >= 0.6 is 11.3 Å². The zero-order valence-corrected chi connectivity index (χ0v) is 22.1. The molecule has 4 nitrogen and oxygen atoms in total. The van der Waals surface area contributed by atoms with Gasteiger partial charge < -0.3 is 14.6 Å². The van der Waals surface area contributed by atoms with E-state index >= 15 is 0 Å². The van der Waals surface area contributed by atoms with Gasteiger partial charge in [-0.1, -0.05) is 17.7 Å². The van der Waals surface area contributed by atoms with Gasteiger partial charge in [0.1, 0.15) is 11.5 Å². The lowest BCUT2D eigenvalue weighted by Crippen LogP contribution is -2.50. The van der Waals surface area contributed by atoms with Crippen molar-refractivity contribution in [1.29, 1.82) is 0 Å². The van der Waals surface area contributed by atoms with Crippen LogP contribution < -0.4 is 14.9 Å². The molecule has 1 aromatic heterocycles. The normalized spacial score (nSPS) is 29.0. The molecule has 0 radical (unpaired) electrons. The maximum Gasteiger partial charge on any atom is 0.185 e. The maximum atomic E-state index is 5.97. The number of aryl methyl sites for hydroxylation is 1. The smallest absolute Gasteiger partial charge is 0.185 e. The van der Waals surface area contributed by atoms with Crippen LogP contribution in [0, 0.1) is 24.7 Å². The fourth-order valence-electron chi connectivity index (χ4n) is 7.46. The quantitative estimate of drug-likeness (QED) is 0.348. The highest BCUT2D eigenvalue weighted by molar-refractivity contribution is 7.07. The molecule has 0 amide bonds. The molecule has 0 unspecified atom stereocenters. The Kier molecular flexibility index (Phi) is 5.72. The lowest BCUT2D eigenvalue weighted by molar-refractivity contribution is -0.000407. The van der Waals surface area contributed by atoms with Crippen molar-refractivity contribution in [3.63, 3.8) is 0 Å². The molecular weight excluding hydrogens is 462 g/mol. The molecule has 188 valence electrons. The number of hydrogen-bond acceptors (Lipinski definition) is 4. The maximum absolute atomic E-state index is 5.97. The second kappa shape index (κ2) is 9.09. The molecule has 1 heterocycles. The van der Waals surface area contributed by atoms with E-state index in [4.69, 9.17) is 9.73 Å². The van der Waals surface area contributed by atoms with Crippen molar-refractivity contribution < 1.29 is 4.74 Å². The minimum Gasteiger partial charge on any atom is -0.457 e. The van der Waals surface area contributed by atoms with E-state index in [1.165, 1.54) is 67.4 Å². The fourth-order valence-corrected chi connectivity index (χ4v) is 8.56. The van der Waals surface area contributed by atoms with Crippen molar-refractivity contribution in [2.75, 3.05) is 11.9 Å². The van der Waals surface area contributed by atoms with Crippen LogP contribution in [0.15, 0.2) is 58.9 Å². The van der Waals surface area contributed by atoms with Crippen LogP contribution in [-0.4, -0.2) is 16.7 Å². The predicted octanol–water partition coefficient (Wildman–Crippen LogP) is 7.51. The van der Waals surface area contributed by atoms with Crippen molar-refractivity contribution >= 4 is 17.0 Å². The zero-order chi connectivity index (χ0) is 24.1. The summed E-state index contributed by atoms with van der Waals surface area (Å²) >= 11 is 1.90. The van der Waals surface area contributed by atoms with Gasteiger partial charge in [0, 0.05) is 35.8 Å². The van der Waals surface area contributed by atoms with Crippen LogP contribution in [0.1, 0.15) is 68.7 Å². The van der Waals surface area contributed by atoms with Crippen LogP contribution in [0.3, 0.4) is 0 Å². The van der Waals surface area contributed by atoms with Gasteiger partial charge >= 0.3 is 0 Å². The monoisotopic (exact) mass is 499 g/mol. The number of nitrogens with zero attached hydrogens (tertiary/aromatic N) is 2. The molecule has 5 saturated carbocycles. The zero-order valence-electron chi connectivity index (χ0n) is 21.3. The first-order chi connectivity index (χ1) is 17.6. The summed E-state index contributed by atoms with van der Waals surface area (Å²) in [4.78, 5) is 6.91. The van der Waals surface area contributed by atoms with Gasteiger partial charge in [-0.2, -0.15) is 0 Å². The molecule has 0 saturated heterocycles. The number of hydrogen-bond donors (Lipinski definition) is 1. The topological polar surface area (TPSA) is 38.5 Å². The van der Waals surface area contributed by atoms with Gasteiger partial charge in [-0.15, -0.1) is 11.3 Å². The van der Waals surface area contributed by atoms with Gasteiger partial charge in [0.25, 0.3) is 0 Å². The summed E-state index contributed by atoms with van der Waals surface area (Å²) < 4.78 is 8.59. The van der Waals surface area contributed by atoms with Crippen LogP contribution in [0.25, 0.3) is 0 Å². The summed E-state index contributed by atoms with van der Waals surface area (Å²) in [7, 11) is 0. The fraction of sp³-hybridized carbons (Fsp3) is 0.516. The summed E-state index contributed by atoms with van der Waals surface area (Å²) in [5.41, 5.74) is 4.09. The van der Waals surface area contributed by atoms with Crippen LogP contribution in [0.5, 0.6) is 11.5 Å². The Morgan fingerprint density at radius 1 is 0.917 bits per heavy atom.